The first-order chi connectivity index (χ1) is 7.27. The van der Waals surface area contributed by atoms with E-state index in [1.807, 2.05) is 12.1 Å². The molecule has 0 aliphatic carbocycles. The minimum absolute atomic E-state index is 0.787. The largest absolute Gasteiger partial charge is 0.496 e. The molecule has 0 saturated carbocycles. The molecule has 0 spiro atoms. The summed E-state index contributed by atoms with van der Waals surface area (Å²) in [5, 5.41) is 0. The van der Waals surface area contributed by atoms with Crippen molar-refractivity contribution in [2.75, 3.05) is 13.7 Å². The van der Waals surface area contributed by atoms with Crippen LogP contribution in [0.3, 0.4) is 0 Å². The number of unbranched alkanes of at least 4 members (excludes halogenated alkanes) is 2. The van der Waals surface area contributed by atoms with Crippen LogP contribution in [-0.2, 0) is 6.42 Å². The zero-order valence-electron chi connectivity index (χ0n) is 9.13. The van der Waals surface area contributed by atoms with Gasteiger partial charge in [0, 0.05) is 4.47 Å². The molecule has 84 valence electrons. The van der Waals surface area contributed by atoms with Gasteiger partial charge >= 0.3 is 0 Å². The molecule has 2 N–H and O–H groups in total. The van der Waals surface area contributed by atoms with Crippen molar-refractivity contribution in [1.82, 2.24) is 0 Å². The Kier molecular flexibility index (Phi) is 5.73. The van der Waals surface area contributed by atoms with E-state index in [-0.39, 0.29) is 0 Å². The highest BCUT2D eigenvalue weighted by Gasteiger charge is 2.02. The number of hydrogen-bond acceptors (Lipinski definition) is 2. The van der Waals surface area contributed by atoms with Gasteiger partial charge in [0.2, 0.25) is 0 Å². The molecule has 1 aromatic rings. The van der Waals surface area contributed by atoms with Crippen molar-refractivity contribution in [2.45, 2.75) is 25.7 Å². The fourth-order valence-corrected chi connectivity index (χ4v) is 1.99. The third-order valence-electron chi connectivity index (χ3n) is 2.39. The van der Waals surface area contributed by atoms with E-state index in [4.69, 9.17) is 10.5 Å². The molecule has 0 aliphatic rings. The molecule has 0 atom stereocenters. The number of halogens is 1. The normalized spacial score (nSPS) is 10.3. The van der Waals surface area contributed by atoms with Gasteiger partial charge < -0.3 is 10.5 Å². The fourth-order valence-electron chi connectivity index (χ4n) is 1.58. The van der Waals surface area contributed by atoms with E-state index in [2.05, 4.69) is 22.0 Å². The Bertz CT molecular complexity index is 302. The van der Waals surface area contributed by atoms with Crippen LogP contribution in [0.1, 0.15) is 24.8 Å². The van der Waals surface area contributed by atoms with Crippen LogP contribution in [-0.4, -0.2) is 13.7 Å². The first kappa shape index (κ1) is 12.5. The van der Waals surface area contributed by atoms with E-state index >= 15 is 0 Å². The number of aryl methyl sites for hydroxylation is 1. The van der Waals surface area contributed by atoms with Crippen molar-refractivity contribution < 1.29 is 4.74 Å². The highest BCUT2D eigenvalue weighted by molar-refractivity contribution is 9.10. The van der Waals surface area contributed by atoms with Crippen molar-refractivity contribution in [2.24, 2.45) is 5.73 Å². The Morgan fingerprint density at radius 2 is 2.07 bits per heavy atom. The zero-order valence-corrected chi connectivity index (χ0v) is 10.7. The van der Waals surface area contributed by atoms with Crippen LogP contribution < -0.4 is 10.5 Å². The van der Waals surface area contributed by atoms with Gasteiger partial charge in [0.15, 0.2) is 0 Å². The molecule has 0 amide bonds. The molecule has 0 radical (unpaired) electrons. The summed E-state index contributed by atoms with van der Waals surface area (Å²) in [5.41, 5.74) is 6.72. The Morgan fingerprint density at radius 1 is 1.27 bits per heavy atom. The van der Waals surface area contributed by atoms with Gasteiger partial charge in [-0.05, 0) is 49.6 Å². The molecular weight excluding hydrogens is 254 g/mol. The molecule has 2 nitrogen and oxygen atoms in total. The maximum absolute atomic E-state index is 5.46. The highest BCUT2D eigenvalue weighted by Crippen LogP contribution is 2.24. The molecule has 1 aromatic carbocycles. The number of ether oxygens (including phenoxy) is 1. The van der Waals surface area contributed by atoms with Gasteiger partial charge in [-0.2, -0.15) is 0 Å². The van der Waals surface area contributed by atoms with Gasteiger partial charge in [0.25, 0.3) is 0 Å². The Balaban J connectivity index is 2.54. The van der Waals surface area contributed by atoms with Crippen LogP contribution in [0.25, 0.3) is 0 Å². The quantitative estimate of drug-likeness (QED) is 0.807. The van der Waals surface area contributed by atoms with Crippen LogP contribution in [0.5, 0.6) is 5.75 Å². The van der Waals surface area contributed by atoms with Gasteiger partial charge in [-0.3, -0.25) is 0 Å². The van der Waals surface area contributed by atoms with E-state index in [1.165, 1.54) is 18.4 Å². The van der Waals surface area contributed by atoms with Crippen LogP contribution in [0.2, 0.25) is 0 Å². The molecule has 0 heterocycles. The van der Waals surface area contributed by atoms with Gasteiger partial charge in [0.1, 0.15) is 5.75 Å². The maximum atomic E-state index is 5.46. The molecule has 0 aromatic heterocycles. The average Bonchev–Trinajstić information content (AvgIpc) is 2.25. The highest BCUT2D eigenvalue weighted by atomic mass is 79.9. The predicted molar refractivity (Wildman–Crippen MR) is 67.3 cm³/mol. The molecule has 3 heteroatoms. The Morgan fingerprint density at radius 3 is 2.73 bits per heavy atom. The van der Waals surface area contributed by atoms with Gasteiger partial charge in [-0.1, -0.05) is 22.4 Å². The van der Waals surface area contributed by atoms with Crippen molar-refractivity contribution >= 4 is 15.9 Å². The summed E-state index contributed by atoms with van der Waals surface area (Å²) in [4.78, 5) is 0. The minimum Gasteiger partial charge on any atom is -0.496 e. The van der Waals surface area contributed by atoms with Crippen LogP contribution >= 0.6 is 15.9 Å². The molecule has 1 rings (SSSR count). The summed E-state index contributed by atoms with van der Waals surface area (Å²) in [6, 6.07) is 6.13. The lowest BCUT2D eigenvalue weighted by molar-refractivity contribution is 0.408. The van der Waals surface area contributed by atoms with E-state index in [0.717, 1.165) is 29.6 Å². The minimum atomic E-state index is 0.787. The van der Waals surface area contributed by atoms with Gasteiger partial charge in [-0.25, -0.2) is 0 Å². The van der Waals surface area contributed by atoms with Crippen LogP contribution in [0, 0.1) is 0 Å². The summed E-state index contributed by atoms with van der Waals surface area (Å²) in [6.45, 7) is 0.787. The lowest BCUT2D eigenvalue weighted by Crippen LogP contribution is -1.99. The summed E-state index contributed by atoms with van der Waals surface area (Å²) in [7, 11) is 1.71. The first-order valence-electron chi connectivity index (χ1n) is 5.30. The number of nitrogens with two attached hydrogens (primary N) is 1. The van der Waals surface area contributed by atoms with Crippen molar-refractivity contribution in [3.63, 3.8) is 0 Å². The van der Waals surface area contributed by atoms with Crippen LogP contribution in [0.15, 0.2) is 22.7 Å². The molecule has 0 bridgehead atoms. The zero-order chi connectivity index (χ0) is 11.1. The number of rotatable bonds is 6. The second-order valence-electron chi connectivity index (χ2n) is 3.56. The lowest BCUT2D eigenvalue weighted by atomic mass is 10.1. The third kappa shape index (κ3) is 4.22. The van der Waals surface area contributed by atoms with E-state index in [1.54, 1.807) is 7.11 Å². The summed E-state index contributed by atoms with van der Waals surface area (Å²) >= 11 is 3.47. The monoisotopic (exact) mass is 271 g/mol. The Labute approximate surface area is 99.9 Å². The van der Waals surface area contributed by atoms with Crippen molar-refractivity contribution in [1.29, 1.82) is 0 Å². The van der Waals surface area contributed by atoms with E-state index in [0.29, 0.717) is 0 Å². The maximum Gasteiger partial charge on any atom is 0.122 e. The van der Waals surface area contributed by atoms with E-state index < -0.39 is 0 Å². The first-order valence-corrected chi connectivity index (χ1v) is 6.09. The molecular formula is C12H18BrNO. The predicted octanol–water partition coefficient (Wildman–Crippen LogP) is 3.13. The van der Waals surface area contributed by atoms with Crippen LogP contribution in [0.4, 0.5) is 0 Å². The second-order valence-corrected chi connectivity index (χ2v) is 4.47. The van der Waals surface area contributed by atoms with Gasteiger partial charge in [-0.15, -0.1) is 0 Å². The number of benzene rings is 1. The number of hydrogen-bond donors (Lipinski definition) is 1. The molecule has 15 heavy (non-hydrogen) atoms. The number of methoxy groups -OCH3 is 1. The molecule has 0 unspecified atom stereocenters. The van der Waals surface area contributed by atoms with E-state index in [9.17, 15) is 0 Å². The third-order valence-corrected chi connectivity index (χ3v) is 2.89. The second kappa shape index (κ2) is 6.85. The topological polar surface area (TPSA) is 35.2 Å². The smallest absolute Gasteiger partial charge is 0.122 e. The molecule has 0 fully saturated rings. The average molecular weight is 272 g/mol. The lowest BCUT2D eigenvalue weighted by Gasteiger charge is -2.08. The summed E-state index contributed by atoms with van der Waals surface area (Å²) in [6.07, 6.45) is 4.52. The standard InChI is InChI=1S/C12H18BrNO/c1-15-12-7-6-11(13)9-10(12)5-3-2-4-8-14/h6-7,9H,2-5,8,14H2,1H3. The van der Waals surface area contributed by atoms with Crippen molar-refractivity contribution in [3.8, 4) is 5.75 Å². The summed E-state index contributed by atoms with van der Waals surface area (Å²) < 4.78 is 6.42. The van der Waals surface area contributed by atoms with Crippen molar-refractivity contribution in [3.05, 3.63) is 28.2 Å². The SMILES string of the molecule is COc1ccc(Br)cc1CCCCCN. The van der Waals surface area contributed by atoms with Gasteiger partial charge in [0.05, 0.1) is 7.11 Å². The fraction of sp³-hybridized carbons (Fsp3) is 0.500. The Hall–Kier alpha value is -0.540. The molecule has 0 saturated heterocycles. The molecule has 0 aliphatic heterocycles. The summed E-state index contributed by atoms with van der Waals surface area (Å²) in [5.74, 6) is 0.978.